The molecule has 3 rings (SSSR count). The normalized spacial score (nSPS) is 16.4. The Morgan fingerprint density at radius 1 is 1.23 bits per heavy atom. The van der Waals surface area contributed by atoms with Gasteiger partial charge in [-0.05, 0) is 50.8 Å². The number of amides is 1. The van der Waals surface area contributed by atoms with E-state index in [4.69, 9.17) is 0 Å². The third kappa shape index (κ3) is 4.47. The molecular weight excluding hydrogens is 344 g/mol. The van der Waals surface area contributed by atoms with Gasteiger partial charge in [-0.2, -0.15) is 0 Å². The minimum Gasteiger partial charge on any atom is -0.325 e. The number of carbonyl (C=O) groups excluding carboxylic acids is 1. The van der Waals surface area contributed by atoms with Gasteiger partial charge in [0, 0.05) is 11.7 Å². The molecule has 0 unspecified atom stereocenters. The first-order valence-corrected chi connectivity index (χ1v) is 10.4. The van der Waals surface area contributed by atoms with Crippen molar-refractivity contribution in [1.29, 1.82) is 0 Å². The highest BCUT2D eigenvalue weighted by atomic mass is 32.2. The average molecular weight is 373 g/mol. The number of aryl methyl sites for hydroxylation is 2. The van der Waals surface area contributed by atoms with Crippen molar-refractivity contribution in [2.45, 2.75) is 75.7 Å². The smallest absolute Gasteiger partial charge is 0.237 e. The van der Waals surface area contributed by atoms with Gasteiger partial charge in [0.05, 0.1) is 5.25 Å². The van der Waals surface area contributed by atoms with Gasteiger partial charge in [0.25, 0.3) is 0 Å². The SMILES string of the molecule is CCc1ccc(NC(=O)[C@H](C)Sc2nnc(C)n2C2CCCCC2)cc1. The number of hydrogen-bond donors (Lipinski definition) is 1. The second-order valence-corrected chi connectivity index (χ2v) is 8.30. The molecule has 1 heterocycles. The summed E-state index contributed by atoms with van der Waals surface area (Å²) in [4.78, 5) is 12.6. The Kier molecular flexibility index (Phi) is 6.35. The van der Waals surface area contributed by atoms with Gasteiger partial charge in [0.2, 0.25) is 5.91 Å². The largest absolute Gasteiger partial charge is 0.325 e. The van der Waals surface area contributed by atoms with E-state index in [0.717, 1.165) is 23.1 Å². The summed E-state index contributed by atoms with van der Waals surface area (Å²) < 4.78 is 2.24. The van der Waals surface area contributed by atoms with Crippen LogP contribution in [0.15, 0.2) is 29.4 Å². The maximum atomic E-state index is 12.6. The molecule has 1 aliphatic rings. The van der Waals surface area contributed by atoms with Crippen molar-refractivity contribution < 1.29 is 4.79 Å². The van der Waals surface area contributed by atoms with E-state index in [1.165, 1.54) is 49.4 Å². The molecule has 26 heavy (non-hydrogen) atoms. The molecule has 0 saturated heterocycles. The molecule has 0 bridgehead atoms. The monoisotopic (exact) mass is 372 g/mol. The van der Waals surface area contributed by atoms with Gasteiger partial charge < -0.3 is 9.88 Å². The van der Waals surface area contributed by atoms with Crippen LogP contribution in [0.5, 0.6) is 0 Å². The number of benzene rings is 1. The van der Waals surface area contributed by atoms with Crippen molar-refractivity contribution in [2.75, 3.05) is 5.32 Å². The highest BCUT2D eigenvalue weighted by Gasteiger charge is 2.24. The highest BCUT2D eigenvalue weighted by molar-refractivity contribution is 8.00. The molecule has 5 nitrogen and oxygen atoms in total. The van der Waals surface area contributed by atoms with Crippen LogP contribution in [-0.4, -0.2) is 25.9 Å². The zero-order valence-corrected chi connectivity index (χ0v) is 16.7. The lowest BCUT2D eigenvalue weighted by Crippen LogP contribution is -2.23. The number of anilines is 1. The van der Waals surface area contributed by atoms with Gasteiger partial charge in [-0.25, -0.2) is 0 Å². The second-order valence-electron chi connectivity index (χ2n) is 6.99. The van der Waals surface area contributed by atoms with Crippen molar-refractivity contribution in [3.05, 3.63) is 35.7 Å². The number of nitrogens with zero attached hydrogens (tertiary/aromatic N) is 3. The van der Waals surface area contributed by atoms with E-state index in [2.05, 4.69) is 39.1 Å². The fraction of sp³-hybridized carbons (Fsp3) is 0.550. The predicted molar refractivity (Wildman–Crippen MR) is 107 cm³/mol. The molecule has 1 aromatic heterocycles. The summed E-state index contributed by atoms with van der Waals surface area (Å²) in [5.41, 5.74) is 2.10. The summed E-state index contributed by atoms with van der Waals surface area (Å²) in [5, 5.41) is 12.2. The van der Waals surface area contributed by atoms with Gasteiger partial charge in [0.15, 0.2) is 5.16 Å². The summed E-state index contributed by atoms with van der Waals surface area (Å²) in [6.07, 6.45) is 7.19. The number of nitrogens with one attached hydrogen (secondary N) is 1. The lowest BCUT2D eigenvalue weighted by molar-refractivity contribution is -0.115. The molecule has 6 heteroatoms. The van der Waals surface area contributed by atoms with Gasteiger partial charge in [-0.15, -0.1) is 10.2 Å². The van der Waals surface area contributed by atoms with E-state index in [1.54, 1.807) is 0 Å². The third-order valence-corrected chi connectivity index (χ3v) is 6.11. The molecular formula is C20H28N4OS. The lowest BCUT2D eigenvalue weighted by atomic mass is 9.95. The Balaban J connectivity index is 1.65. The Morgan fingerprint density at radius 2 is 1.92 bits per heavy atom. The quantitative estimate of drug-likeness (QED) is 0.742. The molecule has 1 aromatic carbocycles. The molecule has 140 valence electrons. The summed E-state index contributed by atoms with van der Waals surface area (Å²) in [6.45, 7) is 6.05. The molecule has 1 fully saturated rings. The second kappa shape index (κ2) is 8.71. The third-order valence-electron chi connectivity index (χ3n) is 5.06. The minimum absolute atomic E-state index is 0.00454. The predicted octanol–water partition coefficient (Wildman–Crippen LogP) is 4.77. The van der Waals surface area contributed by atoms with Crippen LogP contribution in [0.25, 0.3) is 0 Å². The molecule has 1 saturated carbocycles. The maximum Gasteiger partial charge on any atom is 0.237 e. The minimum atomic E-state index is -0.230. The zero-order chi connectivity index (χ0) is 18.5. The summed E-state index contributed by atoms with van der Waals surface area (Å²) in [6, 6.07) is 8.50. The van der Waals surface area contributed by atoms with Crippen LogP contribution >= 0.6 is 11.8 Å². The Labute approximate surface area is 160 Å². The van der Waals surface area contributed by atoms with Crippen molar-refractivity contribution in [3.8, 4) is 0 Å². The van der Waals surface area contributed by atoms with E-state index >= 15 is 0 Å². The molecule has 1 N–H and O–H groups in total. The van der Waals surface area contributed by atoms with Crippen molar-refractivity contribution in [2.24, 2.45) is 0 Å². The van der Waals surface area contributed by atoms with Crippen molar-refractivity contribution in [1.82, 2.24) is 14.8 Å². The number of hydrogen-bond acceptors (Lipinski definition) is 4. The number of carbonyl (C=O) groups is 1. The fourth-order valence-electron chi connectivity index (χ4n) is 3.47. The van der Waals surface area contributed by atoms with Crippen molar-refractivity contribution in [3.63, 3.8) is 0 Å². The van der Waals surface area contributed by atoms with Crippen LogP contribution in [-0.2, 0) is 11.2 Å². The Morgan fingerprint density at radius 3 is 2.58 bits per heavy atom. The Bertz CT molecular complexity index is 735. The van der Waals surface area contributed by atoms with Crippen LogP contribution in [0, 0.1) is 6.92 Å². The van der Waals surface area contributed by atoms with Gasteiger partial charge >= 0.3 is 0 Å². The molecule has 0 radical (unpaired) electrons. The summed E-state index contributed by atoms with van der Waals surface area (Å²) >= 11 is 1.50. The van der Waals surface area contributed by atoms with E-state index in [0.29, 0.717) is 6.04 Å². The van der Waals surface area contributed by atoms with E-state index < -0.39 is 0 Å². The topological polar surface area (TPSA) is 59.8 Å². The number of aromatic nitrogens is 3. The fourth-order valence-corrected chi connectivity index (χ4v) is 4.43. The summed E-state index contributed by atoms with van der Waals surface area (Å²) in [7, 11) is 0. The van der Waals surface area contributed by atoms with E-state index in [-0.39, 0.29) is 11.2 Å². The van der Waals surface area contributed by atoms with E-state index in [1.807, 2.05) is 26.0 Å². The first kappa shape index (κ1) is 19.0. The Hall–Kier alpha value is -1.82. The standard InChI is InChI=1S/C20H28N4OS/c1-4-16-10-12-17(13-11-16)21-19(25)14(2)26-20-23-22-15(3)24(20)18-8-6-5-7-9-18/h10-14,18H,4-9H2,1-3H3,(H,21,25)/t14-/m0/s1. The molecule has 1 aliphatic carbocycles. The van der Waals surface area contributed by atoms with Crippen molar-refractivity contribution >= 4 is 23.4 Å². The maximum absolute atomic E-state index is 12.6. The number of rotatable bonds is 6. The average Bonchev–Trinajstić information content (AvgIpc) is 3.03. The van der Waals surface area contributed by atoms with Crippen LogP contribution in [0.3, 0.4) is 0 Å². The lowest BCUT2D eigenvalue weighted by Gasteiger charge is -2.25. The first-order chi connectivity index (χ1) is 12.6. The molecule has 2 aromatic rings. The highest BCUT2D eigenvalue weighted by Crippen LogP contribution is 2.33. The molecule has 1 atom stereocenters. The molecule has 0 spiro atoms. The zero-order valence-electron chi connectivity index (χ0n) is 15.9. The number of thioether (sulfide) groups is 1. The van der Waals surface area contributed by atoms with Crippen LogP contribution in [0.4, 0.5) is 5.69 Å². The van der Waals surface area contributed by atoms with Crippen LogP contribution in [0.1, 0.15) is 63.4 Å². The first-order valence-electron chi connectivity index (χ1n) is 9.56. The van der Waals surface area contributed by atoms with Crippen LogP contribution < -0.4 is 5.32 Å². The molecule has 1 amide bonds. The van der Waals surface area contributed by atoms with Gasteiger partial charge in [-0.3, -0.25) is 4.79 Å². The van der Waals surface area contributed by atoms with E-state index in [9.17, 15) is 4.79 Å². The summed E-state index contributed by atoms with van der Waals surface area (Å²) in [5.74, 6) is 0.942. The van der Waals surface area contributed by atoms with Gasteiger partial charge in [-0.1, -0.05) is 50.1 Å². The van der Waals surface area contributed by atoms with Crippen LogP contribution in [0.2, 0.25) is 0 Å². The molecule has 0 aliphatic heterocycles. The van der Waals surface area contributed by atoms with Gasteiger partial charge in [0.1, 0.15) is 5.82 Å².